The first-order valence-corrected chi connectivity index (χ1v) is 6.88. The van der Waals surface area contributed by atoms with Crippen LogP contribution in [-0.4, -0.2) is 22.4 Å². The van der Waals surface area contributed by atoms with Gasteiger partial charge in [-0.05, 0) is 36.6 Å². The zero-order chi connectivity index (χ0) is 14.4. The Kier molecular flexibility index (Phi) is 5.16. The summed E-state index contributed by atoms with van der Waals surface area (Å²) in [6.45, 7) is 2.60. The van der Waals surface area contributed by atoms with E-state index in [1.165, 1.54) is 0 Å². The first-order chi connectivity index (χ1) is 9.65. The van der Waals surface area contributed by atoms with E-state index in [1.807, 2.05) is 49.4 Å². The van der Waals surface area contributed by atoms with Crippen molar-refractivity contribution in [2.24, 2.45) is 0 Å². The lowest BCUT2D eigenvalue weighted by Crippen LogP contribution is -2.38. The van der Waals surface area contributed by atoms with Crippen LogP contribution in [0.4, 0.5) is 0 Å². The first-order valence-electron chi connectivity index (χ1n) is 6.88. The molecule has 0 fully saturated rings. The molecule has 0 aliphatic carbocycles. The minimum Gasteiger partial charge on any atom is -0.508 e. The highest BCUT2D eigenvalue weighted by Gasteiger charge is 2.14. The molecule has 0 amide bonds. The normalized spacial score (nSPS) is 13.9. The highest BCUT2D eigenvalue weighted by Crippen LogP contribution is 2.11. The Morgan fingerprint density at radius 3 is 2.40 bits per heavy atom. The van der Waals surface area contributed by atoms with Gasteiger partial charge >= 0.3 is 0 Å². The third kappa shape index (κ3) is 4.37. The van der Waals surface area contributed by atoms with Gasteiger partial charge in [0.25, 0.3) is 0 Å². The molecule has 2 atom stereocenters. The molecule has 0 radical (unpaired) electrons. The lowest BCUT2D eigenvalue weighted by molar-refractivity contribution is 0.134. The summed E-state index contributed by atoms with van der Waals surface area (Å²) in [5.74, 6) is 0.266. The average molecular weight is 271 g/mol. The fraction of sp³-hybridized carbons (Fsp3) is 0.294. The summed E-state index contributed by atoms with van der Waals surface area (Å²) in [5.41, 5.74) is 2.13. The predicted molar refractivity (Wildman–Crippen MR) is 80.6 cm³/mol. The summed E-state index contributed by atoms with van der Waals surface area (Å²) < 4.78 is 0. The van der Waals surface area contributed by atoms with Crippen LogP contribution in [0.1, 0.15) is 18.1 Å². The lowest BCUT2D eigenvalue weighted by Gasteiger charge is -2.20. The summed E-state index contributed by atoms with van der Waals surface area (Å²) >= 11 is 0. The van der Waals surface area contributed by atoms with E-state index in [9.17, 15) is 10.2 Å². The summed E-state index contributed by atoms with van der Waals surface area (Å²) in [4.78, 5) is 0. The van der Waals surface area contributed by atoms with E-state index in [1.54, 1.807) is 12.1 Å². The van der Waals surface area contributed by atoms with Gasteiger partial charge in [0.2, 0.25) is 0 Å². The fourth-order valence-electron chi connectivity index (χ4n) is 2.11. The third-order valence-electron chi connectivity index (χ3n) is 3.40. The monoisotopic (exact) mass is 271 g/mol. The molecule has 3 heteroatoms. The Balaban J connectivity index is 1.83. The summed E-state index contributed by atoms with van der Waals surface area (Å²) in [6.07, 6.45) is 0.199. The van der Waals surface area contributed by atoms with Crippen LogP contribution < -0.4 is 5.32 Å². The number of hydrogen-bond acceptors (Lipinski definition) is 3. The third-order valence-corrected chi connectivity index (χ3v) is 3.40. The number of nitrogens with one attached hydrogen (secondary N) is 1. The molecule has 3 N–H and O–H groups in total. The van der Waals surface area contributed by atoms with Gasteiger partial charge in [-0.2, -0.15) is 0 Å². The van der Waals surface area contributed by atoms with Crippen molar-refractivity contribution in [1.82, 2.24) is 5.32 Å². The molecule has 3 nitrogen and oxygen atoms in total. The van der Waals surface area contributed by atoms with Crippen molar-refractivity contribution in [2.45, 2.75) is 32.0 Å². The van der Waals surface area contributed by atoms with Crippen LogP contribution in [-0.2, 0) is 13.0 Å². The van der Waals surface area contributed by atoms with Crippen molar-refractivity contribution in [3.63, 3.8) is 0 Å². The van der Waals surface area contributed by atoms with Gasteiger partial charge in [0.15, 0.2) is 0 Å². The molecule has 0 saturated carbocycles. The topological polar surface area (TPSA) is 52.5 Å². The highest BCUT2D eigenvalue weighted by atomic mass is 16.3. The second kappa shape index (κ2) is 7.08. The van der Waals surface area contributed by atoms with Crippen molar-refractivity contribution < 1.29 is 10.2 Å². The van der Waals surface area contributed by atoms with Crippen molar-refractivity contribution in [3.8, 4) is 5.75 Å². The van der Waals surface area contributed by atoms with E-state index in [2.05, 4.69) is 5.32 Å². The minimum atomic E-state index is -0.435. The zero-order valence-corrected chi connectivity index (χ0v) is 11.7. The molecule has 2 aromatic rings. The Bertz CT molecular complexity index is 528. The van der Waals surface area contributed by atoms with Gasteiger partial charge in [-0.3, -0.25) is 0 Å². The number of phenols is 1. The van der Waals surface area contributed by atoms with Gasteiger partial charge < -0.3 is 15.5 Å². The Morgan fingerprint density at radius 1 is 1.00 bits per heavy atom. The van der Waals surface area contributed by atoms with E-state index in [0.717, 1.165) is 11.1 Å². The molecular weight excluding hydrogens is 250 g/mol. The number of benzene rings is 2. The van der Waals surface area contributed by atoms with Gasteiger partial charge in [0.05, 0.1) is 6.10 Å². The number of rotatable bonds is 6. The lowest BCUT2D eigenvalue weighted by atomic mass is 10.0. The molecule has 0 saturated heterocycles. The van der Waals surface area contributed by atoms with Gasteiger partial charge in [-0.25, -0.2) is 0 Å². The van der Waals surface area contributed by atoms with Crippen molar-refractivity contribution in [1.29, 1.82) is 0 Å². The smallest absolute Gasteiger partial charge is 0.115 e. The molecule has 0 spiro atoms. The quantitative estimate of drug-likeness (QED) is 0.756. The van der Waals surface area contributed by atoms with Gasteiger partial charge in [0, 0.05) is 12.6 Å². The van der Waals surface area contributed by atoms with Crippen LogP contribution in [0.5, 0.6) is 5.75 Å². The molecule has 0 aromatic heterocycles. The summed E-state index contributed by atoms with van der Waals surface area (Å²) in [5, 5.41) is 22.9. The molecule has 0 bridgehead atoms. The SMILES string of the molecule is CC(NCc1cccc(O)c1)C(O)Cc1ccccc1. The number of aliphatic hydroxyl groups is 1. The minimum absolute atomic E-state index is 0.0162. The fourth-order valence-corrected chi connectivity index (χ4v) is 2.11. The number of phenolic OH excluding ortho intramolecular Hbond substituents is 1. The Labute approximate surface area is 119 Å². The molecule has 0 aliphatic heterocycles. The second-order valence-corrected chi connectivity index (χ2v) is 5.10. The molecule has 2 unspecified atom stereocenters. The highest BCUT2D eigenvalue weighted by molar-refractivity contribution is 5.27. The standard InChI is InChI=1S/C17H21NO2/c1-13(17(20)11-14-6-3-2-4-7-14)18-12-15-8-5-9-16(19)10-15/h2-10,13,17-20H,11-12H2,1H3. The Morgan fingerprint density at radius 2 is 1.70 bits per heavy atom. The number of aliphatic hydroxyl groups excluding tert-OH is 1. The molecule has 20 heavy (non-hydrogen) atoms. The van der Waals surface area contributed by atoms with Crippen LogP contribution in [0.2, 0.25) is 0 Å². The Hall–Kier alpha value is -1.84. The van der Waals surface area contributed by atoms with Crippen LogP contribution >= 0.6 is 0 Å². The van der Waals surface area contributed by atoms with E-state index in [0.29, 0.717) is 13.0 Å². The van der Waals surface area contributed by atoms with E-state index in [4.69, 9.17) is 0 Å². The van der Waals surface area contributed by atoms with Crippen molar-refractivity contribution in [3.05, 3.63) is 65.7 Å². The van der Waals surface area contributed by atoms with Gasteiger partial charge in [0.1, 0.15) is 5.75 Å². The molecule has 2 aromatic carbocycles. The molecule has 0 aliphatic rings. The molecule has 106 valence electrons. The molecule has 0 heterocycles. The van der Waals surface area contributed by atoms with Gasteiger partial charge in [-0.15, -0.1) is 0 Å². The second-order valence-electron chi connectivity index (χ2n) is 5.10. The zero-order valence-electron chi connectivity index (χ0n) is 11.7. The van der Waals surface area contributed by atoms with Crippen LogP contribution in [0, 0.1) is 0 Å². The summed E-state index contributed by atoms with van der Waals surface area (Å²) in [7, 11) is 0. The van der Waals surface area contributed by atoms with Crippen LogP contribution in [0.25, 0.3) is 0 Å². The van der Waals surface area contributed by atoms with Crippen molar-refractivity contribution >= 4 is 0 Å². The maximum Gasteiger partial charge on any atom is 0.115 e. The van der Waals surface area contributed by atoms with Gasteiger partial charge in [-0.1, -0.05) is 42.5 Å². The number of hydrogen-bond donors (Lipinski definition) is 3. The van der Waals surface area contributed by atoms with E-state index >= 15 is 0 Å². The number of aromatic hydroxyl groups is 1. The van der Waals surface area contributed by atoms with Crippen LogP contribution in [0.15, 0.2) is 54.6 Å². The van der Waals surface area contributed by atoms with Crippen LogP contribution in [0.3, 0.4) is 0 Å². The maximum atomic E-state index is 10.2. The van der Waals surface area contributed by atoms with E-state index in [-0.39, 0.29) is 11.8 Å². The average Bonchev–Trinajstić information content (AvgIpc) is 2.46. The predicted octanol–water partition coefficient (Wildman–Crippen LogP) is 2.47. The molecular formula is C17H21NO2. The summed E-state index contributed by atoms with van der Waals surface area (Å²) in [6, 6.07) is 17.1. The van der Waals surface area contributed by atoms with Crippen molar-refractivity contribution in [2.75, 3.05) is 0 Å². The first kappa shape index (κ1) is 14.6. The van der Waals surface area contributed by atoms with E-state index < -0.39 is 6.10 Å². The maximum absolute atomic E-state index is 10.2. The largest absolute Gasteiger partial charge is 0.508 e. The molecule has 2 rings (SSSR count).